The van der Waals surface area contributed by atoms with Crippen molar-refractivity contribution in [3.63, 3.8) is 0 Å². The molecule has 0 radical (unpaired) electrons. The summed E-state index contributed by atoms with van der Waals surface area (Å²) in [6, 6.07) is 4.25. The molecule has 1 rings (SSSR count). The summed E-state index contributed by atoms with van der Waals surface area (Å²) < 4.78 is 18.9. The van der Waals surface area contributed by atoms with E-state index in [1.807, 2.05) is 6.92 Å². The van der Waals surface area contributed by atoms with Gasteiger partial charge in [0, 0.05) is 5.56 Å². The third-order valence-electron chi connectivity index (χ3n) is 2.24. The molecule has 92 valence electrons. The van der Waals surface area contributed by atoms with Crippen molar-refractivity contribution in [2.75, 3.05) is 6.61 Å². The normalized spacial score (nSPS) is 10.2. The van der Waals surface area contributed by atoms with Crippen LogP contribution in [-0.2, 0) is 11.3 Å². The van der Waals surface area contributed by atoms with Gasteiger partial charge in [-0.3, -0.25) is 0 Å². The van der Waals surface area contributed by atoms with E-state index in [0.717, 1.165) is 5.57 Å². The van der Waals surface area contributed by atoms with Crippen LogP contribution in [0.3, 0.4) is 0 Å². The monoisotopic (exact) mass is 238 g/mol. The summed E-state index contributed by atoms with van der Waals surface area (Å²) in [6.07, 6.45) is 0.709. The zero-order chi connectivity index (χ0) is 12.8. The van der Waals surface area contributed by atoms with Gasteiger partial charge >= 0.3 is 5.97 Å². The summed E-state index contributed by atoms with van der Waals surface area (Å²) in [5.41, 5.74) is 0.919. The van der Waals surface area contributed by atoms with E-state index in [1.165, 1.54) is 18.2 Å². The van der Waals surface area contributed by atoms with Gasteiger partial charge in [0.2, 0.25) is 0 Å². The standard InChI is InChI=1S/C13H15FO3/c1-9(2)6-7-17-8-10-4-3-5-11(12(10)14)13(15)16/h3-5H,1,6-8H2,2H3,(H,15,16). The number of hydrogen-bond acceptors (Lipinski definition) is 2. The lowest BCUT2D eigenvalue weighted by molar-refractivity contribution is 0.0690. The third kappa shape index (κ3) is 4.00. The van der Waals surface area contributed by atoms with Crippen molar-refractivity contribution in [3.8, 4) is 0 Å². The molecule has 0 spiro atoms. The van der Waals surface area contributed by atoms with Gasteiger partial charge in [0.25, 0.3) is 0 Å². The van der Waals surface area contributed by atoms with Crippen LogP contribution in [0.2, 0.25) is 0 Å². The van der Waals surface area contributed by atoms with Gasteiger partial charge < -0.3 is 9.84 Å². The molecule has 17 heavy (non-hydrogen) atoms. The molecule has 0 aliphatic rings. The van der Waals surface area contributed by atoms with Crippen molar-refractivity contribution in [1.29, 1.82) is 0 Å². The molecule has 3 nitrogen and oxygen atoms in total. The second-order valence-corrected chi connectivity index (χ2v) is 3.84. The van der Waals surface area contributed by atoms with Crippen LogP contribution in [0.5, 0.6) is 0 Å². The Balaban J connectivity index is 2.62. The van der Waals surface area contributed by atoms with E-state index >= 15 is 0 Å². The fourth-order valence-electron chi connectivity index (χ4n) is 1.28. The van der Waals surface area contributed by atoms with Crippen molar-refractivity contribution in [2.45, 2.75) is 20.0 Å². The number of carboxylic acid groups (broad SMARTS) is 1. The molecule has 0 saturated heterocycles. The molecule has 1 aromatic rings. The van der Waals surface area contributed by atoms with Gasteiger partial charge in [-0.15, -0.1) is 6.58 Å². The molecular weight excluding hydrogens is 223 g/mol. The molecule has 0 saturated carbocycles. The van der Waals surface area contributed by atoms with Crippen LogP contribution in [0.25, 0.3) is 0 Å². The molecule has 0 heterocycles. The number of aromatic carboxylic acids is 1. The largest absolute Gasteiger partial charge is 0.478 e. The van der Waals surface area contributed by atoms with Crippen molar-refractivity contribution in [1.82, 2.24) is 0 Å². The van der Waals surface area contributed by atoms with E-state index in [9.17, 15) is 9.18 Å². The molecule has 1 N–H and O–H groups in total. The first-order valence-electron chi connectivity index (χ1n) is 5.25. The Hall–Kier alpha value is -1.68. The van der Waals surface area contributed by atoms with Gasteiger partial charge in [-0.25, -0.2) is 9.18 Å². The molecular formula is C13H15FO3. The van der Waals surface area contributed by atoms with Crippen LogP contribution in [0.15, 0.2) is 30.4 Å². The molecule has 0 bridgehead atoms. The van der Waals surface area contributed by atoms with Crippen molar-refractivity contribution < 1.29 is 19.0 Å². The number of benzene rings is 1. The maximum absolute atomic E-state index is 13.6. The molecule has 0 amide bonds. The fraction of sp³-hybridized carbons (Fsp3) is 0.308. The summed E-state index contributed by atoms with van der Waals surface area (Å²) >= 11 is 0. The van der Waals surface area contributed by atoms with E-state index in [2.05, 4.69) is 6.58 Å². The first-order valence-corrected chi connectivity index (χ1v) is 5.25. The number of halogens is 1. The highest BCUT2D eigenvalue weighted by Gasteiger charge is 2.13. The highest BCUT2D eigenvalue weighted by atomic mass is 19.1. The van der Waals surface area contributed by atoms with Crippen molar-refractivity contribution >= 4 is 5.97 Å². The van der Waals surface area contributed by atoms with Crippen LogP contribution in [0, 0.1) is 5.82 Å². The van der Waals surface area contributed by atoms with Gasteiger partial charge in [0.05, 0.1) is 18.8 Å². The van der Waals surface area contributed by atoms with E-state index in [1.54, 1.807) is 0 Å². The van der Waals surface area contributed by atoms with Crippen LogP contribution < -0.4 is 0 Å². The first-order chi connectivity index (χ1) is 8.02. The lowest BCUT2D eigenvalue weighted by Crippen LogP contribution is -2.05. The zero-order valence-electron chi connectivity index (χ0n) is 9.70. The Labute approximate surface area is 99.5 Å². The lowest BCUT2D eigenvalue weighted by atomic mass is 10.1. The quantitative estimate of drug-likeness (QED) is 0.612. The van der Waals surface area contributed by atoms with Gasteiger partial charge in [-0.05, 0) is 19.4 Å². The summed E-state index contributed by atoms with van der Waals surface area (Å²) in [5.74, 6) is -2.00. The first kappa shape index (κ1) is 13.4. The second kappa shape index (κ2) is 6.15. The number of hydrogen-bond donors (Lipinski definition) is 1. The smallest absolute Gasteiger partial charge is 0.338 e. The van der Waals surface area contributed by atoms with Gasteiger partial charge in [0.15, 0.2) is 0 Å². The van der Waals surface area contributed by atoms with Crippen LogP contribution in [-0.4, -0.2) is 17.7 Å². The van der Waals surface area contributed by atoms with Crippen LogP contribution >= 0.6 is 0 Å². The van der Waals surface area contributed by atoms with Crippen molar-refractivity contribution in [2.24, 2.45) is 0 Å². The summed E-state index contributed by atoms with van der Waals surface area (Å²) in [7, 11) is 0. The molecule has 0 aliphatic carbocycles. The van der Waals surface area contributed by atoms with E-state index in [-0.39, 0.29) is 17.7 Å². The minimum atomic E-state index is -1.27. The van der Waals surface area contributed by atoms with Crippen molar-refractivity contribution in [3.05, 3.63) is 47.3 Å². The number of rotatable bonds is 6. The van der Waals surface area contributed by atoms with Crippen LogP contribution in [0.1, 0.15) is 29.3 Å². The second-order valence-electron chi connectivity index (χ2n) is 3.84. The Bertz CT molecular complexity index is 427. The Morgan fingerprint density at radius 2 is 2.24 bits per heavy atom. The Kier molecular flexibility index (Phi) is 4.84. The average Bonchev–Trinajstić information content (AvgIpc) is 2.25. The maximum Gasteiger partial charge on any atom is 0.338 e. The van der Waals surface area contributed by atoms with Gasteiger partial charge in [0.1, 0.15) is 5.82 Å². The number of ether oxygens (including phenoxy) is 1. The van der Waals surface area contributed by atoms with Gasteiger partial charge in [-0.1, -0.05) is 17.7 Å². The minimum absolute atomic E-state index is 0.0697. The molecule has 0 atom stereocenters. The third-order valence-corrected chi connectivity index (χ3v) is 2.24. The SMILES string of the molecule is C=C(C)CCOCc1cccc(C(=O)O)c1F. The maximum atomic E-state index is 13.6. The Morgan fingerprint density at radius 3 is 2.82 bits per heavy atom. The van der Waals surface area contributed by atoms with Gasteiger partial charge in [-0.2, -0.15) is 0 Å². The molecule has 0 aliphatic heterocycles. The molecule has 4 heteroatoms. The summed E-state index contributed by atoms with van der Waals surface area (Å²) in [6.45, 7) is 6.13. The van der Waals surface area contributed by atoms with E-state index in [0.29, 0.717) is 13.0 Å². The predicted octanol–water partition coefficient (Wildman–Crippen LogP) is 3.01. The summed E-state index contributed by atoms with van der Waals surface area (Å²) in [4.78, 5) is 10.7. The average molecular weight is 238 g/mol. The lowest BCUT2D eigenvalue weighted by Gasteiger charge is -2.07. The zero-order valence-corrected chi connectivity index (χ0v) is 9.70. The predicted molar refractivity (Wildman–Crippen MR) is 62.4 cm³/mol. The van der Waals surface area contributed by atoms with E-state index in [4.69, 9.17) is 9.84 Å². The topological polar surface area (TPSA) is 46.5 Å². The van der Waals surface area contributed by atoms with E-state index < -0.39 is 11.8 Å². The molecule has 0 fully saturated rings. The molecule has 0 aromatic heterocycles. The van der Waals surface area contributed by atoms with Crippen LogP contribution in [0.4, 0.5) is 4.39 Å². The highest BCUT2D eigenvalue weighted by Crippen LogP contribution is 2.14. The highest BCUT2D eigenvalue weighted by molar-refractivity contribution is 5.88. The minimum Gasteiger partial charge on any atom is -0.478 e. The Morgan fingerprint density at radius 1 is 1.53 bits per heavy atom. The molecule has 1 aromatic carbocycles. The number of carboxylic acids is 1. The molecule has 0 unspecified atom stereocenters. The fourth-order valence-corrected chi connectivity index (χ4v) is 1.28. The summed E-state index contributed by atoms with van der Waals surface area (Å²) in [5, 5.41) is 8.74. The number of carbonyl (C=O) groups is 1.